The van der Waals surface area contributed by atoms with E-state index in [2.05, 4.69) is 10.6 Å². The number of carbonyl (C=O) groups is 1. The molecule has 1 aliphatic heterocycles. The van der Waals surface area contributed by atoms with Crippen LogP contribution in [0.3, 0.4) is 0 Å². The summed E-state index contributed by atoms with van der Waals surface area (Å²) in [5.74, 6) is 0.370. The maximum atomic E-state index is 15.0. The highest BCUT2D eigenvalue weighted by Gasteiger charge is 2.43. The highest BCUT2D eigenvalue weighted by atomic mass is 19.1. The van der Waals surface area contributed by atoms with E-state index in [1.807, 2.05) is 31.2 Å². The third-order valence-electron chi connectivity index (χ3n) is 6.31. The molecule has 1 amide bonds. The molecule has 5 heteroatoms. The first-order valence-corrected chi connectivity index (χ1v) is 10.0. The van der Waals surface area contributed by atoms with E-state index in [-0.39, 0.29) is 17.4 Å². The smallest absolute Gasteiger partial charge is 0.235 e. The van der Waals surface area contributed by atoms with Crippen molar-refractivity contribution < 1.29 is 13.9 Å². The molecule has 1 fully saturated rings. The van der Waals surface area contributed by atoms with E-state index in [9.17, 15) is 4.79 Å². The number of nitrogens with one attached hydrogen (secondary N) is 2. The summed E-state index contributed by atoms with van der Waals surface area (Å²) in [6.45, 7) is 3.42. The molecule has 1 aliphatic carbocycles. The van der Waals surface area contributed by atoms with Gasteiger partial charge in [-0.3, -0.25) is 4.79 Å². The first kappa shape index (κ1) is 18.9. The Kier molecular flexibility index (Phi) is 5.11. The Labute approximate surface area is 165 Å². The molecule has 28 heavy (non-hydrogen) atoms. The van der Waals surface area contributed by atoms with Gasteiger partial charge in [0.2, 0.25) is 5.91 Å². The average Bonchev–Trinajstić information content (AvgIpc) is 3.22. The van der Waals surface area contributed by atoms with Crippen LogP contribution in [-0.2, 0) is 23.2 Å². The van der Waals surface area contributed by atoms with Crippen LogP contribution in [0.2, 0.25) is 0 Å². The second-order valence-corrected chi connectivity index (χ2v) is 7.92. The van der Waals surface area contributed by atoms with Crippen LogP contribution in [0, 0.1) is 12.7 Å². The van der Waals surface area contributed by atoms with Crippen LogP contribution in [0.5, 0.6) is 5.75 Å². The van der Waals surface area contributed by atoms with E-state index in [4.69, 9.17) is 4.74 Å². The monoisotopic (exact) mass is 382 g/mol. The van der Waals surface area contributed by atoms with E-state index < -0.39 is 5.41 Å². The molecule has 0 unspecified atom stereocenters. The van der Waals surface area contributed by atoms with Gasteiger partial charge in [-0.2, -0.15) is 0 Å². The van der Waals surface area contributed by atoms with Crippen LogP contribution < -0.4 is 15.4 Å². The van der Waals surface area contributed by atoms with Gasteiger partial charge < -0.3 is 15.4 Å². The molecule has 0 bridgehead atoms. The molecule has 0 aromatic heterocycles. The van der Waals surface area contributed by atoms with Crippen molar-refractivity contribution in [3.63, 3.8) is 0 Å². The summed E-state index contributed by atoms with van der Waals surface area (Å²) in [6.07, 6.45) is 4.15. The summed E-state index contributed by atoms with van der Waals surface area (Å²) in [5.41, 5.74) is 3.33. The van der Waals surface area contributed by atoms with E-state index in [1.54, 1.807) is 13.2 Å². The van der Waals surface area contributed by atoms with Crippen LogP contribution in [0.15, 0.2) is 30.3 Å². The summed E-state index contributed by atoms with van der Waals surface area (Å²) in [7, 11) is 1.64. The number of anilines is 1. The Balaban J connectivity index is 1.67. The molecule has 0 spiro atoms. The number of carbonyl (C=O) groups excluding carboxylic acids is 1. The van der Waals surface area contributed by atoms with Crippen molar-refractivity contribution in [1.29, 1.82) is 0 Å². The van der Waals surface area contributed by atoms with Crippen molar-refractivity contribution in [2.45, 2.75) is 51.0 Å². The first-order valence-electron chi connectivity index (χ1n) is 10.0. The zero-order valence-electron chi connectivity index (χ0n) is 16.5. The number of hydrogen-bond donors (Lipinski definition) is 2. The minimum atomic E-state index is -0.634. The van der Waals surface area contributed by atoms with Crippen molar-refractivity contribution >= 4 is 11.6 Å². The standard InChI is InChI=1S/C23H27FN2O2/c1-15-5-7-17(13-20(15)28-2)23(10-3-4-11-23)22(27)26-19-8-6-16-14-25-12-9-18(16)21(19)24/h5-8,13,25H,3-4,9-12,14H2,1-2H3,(H,26,27). The second kappa shape index (κ2) is 7.55. The molecular formula is C23H27FN2O2. The van der Waals surface area contributed by atoms with Gasteiger partial charge in [0.25, 0.3) is 0 Å². The van der Waals surface area contributed by atoms with E-state index in [1.165, 1.54) is 0 Å². The molecule has 4 nitrogen and oxygen atoms in total. The molecule has 4 rings (SSSR count). The van der Waals surface area contributed by atoms with Gasteiger partial charge in [-0.1, -0.05) is 31.0 Å². The maximum absolute atomic E-state index is 15.0. The van der Waals surface area contributed by atoms with Crippen molar-refractivity contribution in [3.8, 4) is 5.75 Å². The van der Waals surface area contributed by atoms with Gasteiger partial charge in [0, 0.05) is 6.54 Å². The van der Waals surface area contributed by atoms with Crippen LogP contribution in [0.25, 0.3) is 0 Å². The van der Waals surface area contributed by atoms with Crippen LogP contribution >= 0.6 is 0 Å². The molecule has 0 radical (unpaired) electrons. The Morgan fingerprint density at radius 2 is 2.00 bits per heavy atom. The molecule has 2 aromatic rings. The maximum Gasteiger partial charge on any atom is 0.235 e. The number of amides is 1. The topological polar surface area (TPSA) is 50.4 Å². The molecule has 2 aromatic carbocycles. The highest BCUT2D eigenvalue weighted by molar-refractivity contribution is 5.99. The third-order valence-corrected chi connectivity index (χ3v) is 6.31. The summed E-state index contributed by atoms with van der Waals surface area (Å²) in [5, 5.41) is 6.17. The fraction of sp³-hybridized carbons (Fsp3) is 0.435. The van der Waals surface area contributed by atoms with Crippen LogP contribution in [-0.4, -0.2) is 19.6 Å². The number of ether oxygens (including phenoxy) is 1. The lowest BCUT2D eigenvalue weighted by Crippen LogP contribution is -2.38. The Hall–Kier alpha value is -2.40. The van der Waals surface area contributed by atoms with Gasteiger partial charge in [0.15, 0.2) is 0 Å². The lowest BCUT2D eigenvalue weighted by Gasteiger charge is -2.29. The minimum absolute atomic E-state index is 0.122. The number of methoxy groups -OCH3 is 1. The Bertz CT molecular complexity index is 904. The summed E-state index contributed by atoms with van der Waals surface area (Å²) in [6, 6.07) is 9.58. The summed E-state index contributed by atoms with van der Waals surface area (Å²) >= 11 is 0. The van der Waals surface area contributed by atoms with E-state index in [0.29, 0.717) is 18.5 Å². The van der Waals surface area contributed by atoms with Crippen molar-refractivity contribution in [1.82, 2.24) is 5.32 Å². The van der Waals surface area contributed by atoms with Gasteiger partial charge in [-0.15, -0.1) is 0 Å². The molecular weight excluding hydrogens is 355 g/mol. The fourth-order valence-corrected chi connectivity index (χ4v) is 4.62. The van der Waals surface area contributed by atoms with Gasteiger partial charge >= 0.3 is 0 Å². The molecule has 2 aliphatic rings. The predicted octanol–water partition coefficient (Wildman–Crippen LogP) is 4.24. The Morgan fingerprint density at radius 1 is 1.21 bits per heavy atom. The van der Waals surface area contributed by atoms with Gasteiger partial charge in [-0.25, -0.2) is 4.39 Å². The highest BCUT2D eigenvalue weighted by Crippen LogP contribution is 2.43. The van der Waals surface area contributed by atoms with Crippen molar-refractivity contribution in [2.75, 3.05) is 19.0 Å². The van der Waals surface area contributed by atoms with Crippen LogP contribution in [0.4, 0.5) is 10.1 Å². The molecule has 0 saturated heterocycles. The van der Waals surface area contributed by atoms with Gasteiger partial charge in [-0.05, 0) is 67.1 Å². The molecule has 148 valence electrons. The third kappa shape index (κ3) is 3.18. The van der Waals surface area contributed by atoms with E-state index in [0.717, 1.165) is 54.7 Å². The number of fused-ring (bicyclic) bond motifs is 1. The van der Waals surface area contributed by atoms with Crippen molar-refractivity contribution in [3.05, 3.63) is 58.4 Å². The first-order chi connectivity index (χ1) is 13.5. The number of hydrogen-bond acceptors (Lipinski definition) is 3. The number of benzene rings is 2. The van der Waals surface area contributed by atoms with Gasteiger partial charge in [0.1, 0.15) is 11.6 Å². The zero-order valence-corrected chi connectivity index (χ0v) is 16.5. The lowest BCUT2D eigenvalue weighted by atomic mass is 9.77. The van der Waals surface area contributed by atoms with Crippen LogP contribution in [0.1, 0.15) is 47.9 Å². The number of halogens is 1. The van der Waals surface area contributed by atoms with Crippen molar-refractivity contribution in [2.24, 2.45) is 0 Å². The molecule has 1 heterocycles. The zero-order chi connectivity index (χ0) is 19.7. The minimum Gasteiger partial charge on any atom is -0.496 e. The lowest BCUT2D eigenvalue weighted by molar-refractivity contribution is -0.121. The molecule has 1 saturated carbocycles. The fourth-order valence-electron chi connectivity index (χ4n) is 4.62. The largest absolute Gasteiger partial charge is 0.496 e. The van der Waals surface area contributed by atoms with E-state index >= 15 is 4.39 Å². The quantitative estimate of drug-likeness (QED) is 0.832. The number of aryl methyl sites for hydroxylation is 1. The second-order valence-electron chi connectivity index (χ2n) is 7.92. The number of rotatable bonds is 4. The predicted molar refractivity (Wildman–Crippen MR) is 108 cm³/mol. The molecule has 2 N–H and O–H groups in total. The average molecular weight is 382 g/mol. The molecule has 0 atom stereocenters. The van der Waals surface area contributed by atoms with Gasteiger partial charge in [0.05, 0.1) is 18.2 Å². The SMILES string of the molecule is COc1cc(C2(C(=O)Nc3ccc4c(c3F)CCNC4)CCCC2)ccc1C. The summed E-state index contributed by atoms with van der Waals surface area (Å²) < 4.78 is 20.5. The Morgan fingerprint density at radius 3 is 2.75 bits per heavy atom. The normalized spacial score (nSPS) is 17.8. The summed E-state index contributed by atoms with van der Waals surface area (Å²) in [4.78, 5) is 13.4.